The minimum absolute atomic E-state index is 0. The maximum atomic E-state index is 12.3. The van der Waals surface area contributed by atoms with Gasteiger partial charge in [-0.05, 0) is 44.0 Å². The molecule has 6 nitrogen and oxygen atoms in total. The molecule has 0 fully saturated rings. The molecular weight excluding hydrogens is 525 g/mol. The number of aliphatic imine (C=N–C) groups is 1. The molecule has 8 heteroatoms. The Balaban J connectivity index is 0.00000480. The van der Waals surface area contributed by atoms with Gasteiger partial charge in [0.1, 0.15) is 0 Å². The van der Waals surface area contributed by atoms with Gasteiger partial charge in [0, 0.05) is 35.9 Å². The molecule has 2 rings (SSSR count). The summed E-state index contributed by atoms with van der Waals surface area (Å²) in [4.78, 5) is 4.28. The van der Waals surface area contributed by atoms with Gasteiger partial charge in [0.2, 0.25) is 0 Å². The Bertz CT molecular complexity index is 834. The van der Waals surface area contributed by atoms with Crippen molar-refractivity contribution in [2.75, 3.05) is 32.6 Å². The predicted molar refractivity (Wildman–Crippen MR) is 140 cm³/mol. The van der Waals surface area contributed by atoms with Gasteiger partial charge in [-0.25, -0.2) is 0 Å². The number of hydrogen-bond donors (Lipinski definition) is 2. The number of rotatable bonds is 11. The summed E-state index contributed by atoms with van der Waals surface area (Å²) in [6.07, 6.45) is 0. The highest BCUT2D eigenvalue weighted by molar-refractivity contribution is 14.0. The van der Waals surface area contributed by atoms with Crippen LogP contribution in [0.2, 0.25) is 0 Å². The fraction of sp³-hybridized carbons (Fsp3) is 0.435. The van der Waals surface area contributed by atoms with Crippen LogP contribution in [0.3, 0.4) is 0 Å². The first kappa shape index (κ1) is 27.2. The first-order valence-electron chi connectivity index (χ1n) is 10.3. The minimum atomic E-state index is -0.924. The lowest BCUT2D eigenvalue weighted by Crippen LogP contribution is -2.40. The number of benzene rings is 2. The second kappa shape index (κ2) is 15.1. The van der Waals surface area contributed by atoms with Crippen LogP contribution in [0.15, 0.2) is 53.5 Å². The Labute approximate surface area is 205 Å². The largest absolute Gasteiger partial charge is 0.490 e. The first-order chi connectivity index (χ1) is 14.6. The van der Waals surface area contributed by atoms with E-state index in [4.69, 9.17) is 9.47 Å². The molecule has 2 aromatic carbocycles. The predicted octanol–water partition coefficient (Wildman–Crippen LogP) is 4.28. The van der Waals surface area contributed by atoms with E-state index in [9.17, 15) is 4.21 Å². The fourth-order valence-corrected chi connectivity index (χ4v) is 3.97. The van der Waals surface area contributed by atoms with Crippen LogP contribution in [0.4, 0.5) is 0 Å². The Morgan fingerprint density at radius 2 is 1.74 bits per heavy atom. The molecule has 31 heavy (non-hydrogen) atoms. The van der Waals surface area contributed by atoms with E-state index in [0.717, 1.165) is 22.6 Å². The number of halogens is 1. The molecule has 0 amide bonds. The third-order valence-corrected chi connectivity index (χ3v) is 5.75. The molecular formula is C23H34IN3O3S. The SMILES string of the molecule is CCOc1ccc(C(C)NC(=NC)NCCS(=O)Cc2ccccc2)cc1OCC.I. The molecule has 0 aliphatic carbocycles. The number of nitrogens with zero attached hydrogens (tertiary/aromatic N) is 1. The normalized spacial score (nSPS) is 13.0. The Kier molecular flexibility index (Phi) is 13.2. The quantitative estimate of drug-likeness (QED) is 0.245. The second-order valence-electron chi connectivity index (χ2n) is 6.71. The molecule has 0 aliphatic heterocycles. The van der Waals surface area contributed by atoms with Crippen molar-refractivity contribution in [1.82, 2.24) is 10.6 Å². The summed E-state index contributed by atoms with van der Waals surface area (Å²) in [5.41, 5.74) is 2.16. The summed E-state index contributed by atoms with van der Waals surface area (Å²) >= 11 is 0. The highest BCUT2D eigenvalue weighted by atomic mass is 127. The molecule has 0 spiro atoms. The zero-order valence-electron chi connectivity index (χ0n) is 18.7. The van der Waals surface area contributed by atoms with Crippen LogP contribution in [-0.2, 0) is 16.6 Å². The van der Waals surface area contributed by atoms with Crippen molar-refractivity contribution in [1.29, 1.82) is 0 Å². The number of ether oxygens (including phenoxy) is 2. The molecule has 0 aromatic heterocycles. The first-order valence-corrected chi connectivity index (χ1v) is 11.8. The van der Waals surface area contributed by atoms with Crippen LogP contribution in [0.25, 0.3) is 0 Å². The van der Waals surface area contributed by atoms with Crippen LogP contribution >= 0.6 is 24.0 Å². The molecule has 0 saturated carbocycles. The van der Waals surface area contributed by atoms with Gasteiger partial charge in [0.15, 0.2) is 17.5 Å². The van der Waals surface area contributed by atoms with Gasteiger partial charge in [-0.1, -0.05) is 36.4 Å². The maximum Gasteiger partial charge on any atom is 0.191 e. The van der Waals surface area contributed by atoms with Gasteiger partial charge in [-0.2, -0.15) is 0 Å². The van der Waals surface area contributed by atoms with Crippen LogP contribution in [-0.4, -0.2) is 42.7 Å². The summed E-state index contributed by atoms with van der Waals surface area (Å²) in [5, 5.41) is 6.62. The lowest BCUT2D eigenvalue weighted by Gasteiger charge is -2.20. The van der Waals surface area contributed by atoms with Crippen LogP contribution in [0.1, 0.15) is 37.9 Å². The van der Waals surface area contributed by atoms with E-state index in [1.807, 2.05) is 62.4 Å². The van der Waals surface area contributed by atoms with Crippen molar-refractivity contribution < 1.29 is 13.7 Å². The molecule has 0 bridgehead atoms. The third-order valence-electron chi connectivity index (χ3n) is 4.44. The Hall–Kier alpha value is -1.81. The van der Waals surface area contributed by atoms with Crippen molar-refractivity contribution >= 4 is 40.7 Å². The van der Waals surface area contributed by atoms with Crippen LogP contribution in [0, 0.1) is 0 Å². The molecule has 2 atom stereocenters. The monoisotopic (exact) mass is 559 g/mol. The maximum absolute atomic E-state index is 12.3. The van der Waals surface area contributed by atoms with Gasteiger partial charge in [-0.3, -0.25) is 9.20 Å². The molecule has 0 saturated heterocycles. The molecule has 0 heterocycles. The van der Waals surface area contributed by atoms with Crippen LogP contribution < -0.4 is 20.1 Å². The van der Waals surface area contributed by atoms with E-state index < -0.39 is 10.8 Å². The number of nitrogens with one attached hydrogen (secondary N) is 2. The second-order valence-corrected chi connectivity index (χ2v) is 8.29. The van der Waals surface area contributed by atoms with E-state index in [1.54, 1.807) is 7.05 Å². The van der Waals surface area contributed by atoms with E-state index >= 15 is 0 Å². The summed E-state index contributed by atoms with van der Waals surface area (Å²) in [6, 6.07) is 15.9. The Morgan fingerprint density at radius 1 is 1.06 bits per heavy atom. The van der Waals surface area contributed by atoms with Crippen molar-refractivity contribution in [3.63, 3.8) is 0 Å². The van der Waals surface area contributed by atoms with E-state index in [2.05, 4.69) is 22.5 Å². The topological polar surface area (TPSA) is 72.0 Å². The van der Waals surface area contributed by atoms with Crippen molar-refractivity contribution in [2.24, 2.45) is 4.99 Å². The number of hydrogen-bond acceptors (Lipinski definition) is 4. The zero-order valence-corrected chi connectivity index (χ0v) is 21.9. The molecule has 0 radical (unpaired) electrons. The standard InChI is InChI=1S/C23H33N3O3S.HI/c1-5-28-21-13-12-20(16-22(21)29-6-2)18(3)26-23(24-4)25-14-15-30(27)17-19-10-8-7-9-11-19;/h7-13,16,18H,5-6,14-15,17H2,1-4H3,(H2,24,25,26);1H. The van der Waals surface area contributed by atoms with Gasteiger partial charge >= 0.3 is 0 Å². The number of guanidine groups is 1. The highest BCUT2D eigenvalue weighted by Gasteiger charge is 2.12. The summed E-state index contributed by atoms with van der Waals surface area (Å²) in [6.45, 7) is 7.73. The van der Waals surface area contributed by atoms with E-state index in [1.165, 1.54) is 0 Å². The van der Waals surface area contributed by atoms with Crippen molar-refractivity contribution in [2.45, 2.75) is 32.6 Å². The lowest BCUT2D eigenvalue weighted by atomic mass is 10.1. The summed E-state index contributed by atoms with van der Waals surface area (Å²) in [5.74, 6) is 3.29. The highest BCUT2D eigenvalue weighted by Crippen LogP contribution is 2.30. The minimum Gasteiger partial charge on any atom is -0.490 e. The molecule has 172 valence electrons. The molecule has 2 aromatic rings. The third kappa shape index (κ3) is 9.47. The summed E-state index contributed by atoms with van der Waals surface area (Å²) in [7, 11) is 0.805. The summed E-state index contributed by atoms with van der Waals surface area (Å²) < 4.78 is 23.6. The van der Waals surface area contributed by atoms with Gasteiger partial charge in [0.05, 0.1) is 19.3 Å². The average molecular weight is 560 g/mol. The Morgan fingerprint density at radius 3 is 2.39 bits per heavy atom. The molecule has 0 aliphatic rings. The fourth-order valence-electron chi connectivity index (χ4n) is 2.94. The average Bonchev–Trinajstić information content (AvgIpc) is 2.75. The van der Waals surface area contributed by atoms with Gasteiger partial charge in [0.25, 0.3) is 0 Å². The molecule has 2 unspecified atom stereocenters. The molecule has 2 N–H and O–H groups in total. The smallest absolute Gasteiger partial charge is 0.191 e. The zero-order chi connectivity index (χ0) is 21.8. The van der Waals surface area contributed by atoms with E-state index in [0.29, 0.717) is 37.2 Å². The van der Waals surface area contributed by atoms with Crippen molar-refractivity contribution in [3.05, 3.63) is 59.7 Å². The lowest BCUT2D eigenvalue weighted by molar-refractivity contribution is 0.287. The van der Waals surface area contributed by atoms with E-state index in [-0.39, 0.29) is 30.0 Å². The van der Waals surface area contributed by atoms with Crippen LogP contribution in [0.5, 0.6) is 11.5 Å². The van der Waals surface area contributed by atoms with Crippen molar-refractivity contribution in [3.8, 4) is 11.5 Å². The van der Waals surface area contributed by atoms with Gasteiger partial charge < -0.3 is 20.1 Å². The van der Waals surface area contributed by atoms with Gasteiger partial charge in [-0.15, -0.1) is 24.0 Å².